The highest BCUT2D eigenvalue weighted by Crippen LogP contribution is 2.24. The SMILES string of the molecule is COc1ccc(N)c(NCCc2nncn2C)c1. The Kier molecular flexibility index (Phi) is 3.66. The quantitative estimate of drug-likeness (QED) is 0.772. The van der Waals surface area contributed by atoms with Crippen LogP contribution in [0.15, 0.2) is 24.5 Å². The molecule has 2 aromatic rings. The lowest BCUT2D eigenvalue weighted by Crippen LogP contribution is -2.10. The van der Waals surface area contributed by atoms with Crippen molar-refractivity contribution in [3.8, 4) is 5.75 Å². The minimum Gasteiger partial charge on any atom is -0.497 e. The molecule has 0 bridgehead atoms. The Morgan fingerprint density at radius 3 is 2.94 bits per heavy atom. The predicted molar refractivity (Wildman–Crippen MR) is 70.6 cm³/mol. The molecule has 2 rings (SSSR count). The average molecular weight is 247 g/mol. The van der Waals surface area contributed by atoms with Crippen LogP contribution in [0, 0.1) is 0 Å². The Hall–Kier alpha value is -2.24. The summed E-state index contributed by atoms with van der Waals surface area (Å²) in [6, 6.07) is 5.54. The molecule has 6 nitrogen and oxygen atoms in total. The molecule has 1 aromatic heterocycles. The molecule has 6 heteroatoms. The lowest BCUT2D eigenvalue weighted by atomic mass is 10.2. The molecular formula is C12H17N5O. The van der Waals surface area contributed by atoms with E-state index in [2.05, 4.69) is 15.5 Å². The van der Waals surface area contributed by atoms with Crippen molar-refractivity contribution in [1.82, 2.24) is 14.8 Å². The number of nitrogens with two attached hydrogens (primary N) is 1. The van der Waals surface area contributed by atoms with Gasteiger partial charge < -0.3 is 20.4 Å². The summed E-state index contributed by atoms with van der Waals surface area (Å²) in [6.45, 7) is 0.740. The van der Waals surface area contributed by atoms with E-state index in [0.29, 0.717) is 5.69 Å². The molecular weight excluding hydrogens is 230 g/mol. The van der Waals surface area contributed by atoms with Crippen LogP contribution < -0.4 is 15.8 Å². The number of anilines is 2. The highest BCUT2D eigenvalue weighted by molar-refractivity contribution is 5.68. The highest BCUT2D eigenvalue weighted by atomic mass is 16.5. The van der Waals surface area contributed by atoms with E-state index in [0.717, 1.165) is 30.2 Å². The standard InChI is InChI=1S/C12H17N5O/c1-17-8-15-16-12(17)5-6-14-11-7-9(18-2)3-4-10(11)13/h3-4,7-8,14H,5-6,13H2,1-2H3. The van der Waals surface area contributed by atoms with E-state index in [9.17, 15) is 0 Å². The first-order valence-electron chi connectivity index (χ1n) is 5.71. The van der Waals surface area contributed by atoms with Crippen LogP contribution in [-0.4, -0.2) is 28.4 Å². The Morgan fingerprint density at radius 1 is 1.44 bits per heavy atom. The first kappa shape index (κ1) is 12.2. The first-order chi connectivity index (χ1) is 8.70. The predicted octanol–water partition coefficient (Wildman–Crippen LogP) is 1.06. The number of nitrogens with zero attached hydrogens (tertiary/aromatic N) is 3. The molecule has 0 spiro atoms. The van der Waals surface area contributed by atoms with Crippen LogP contribution in [0.25, 0.3) is 0 Å². The van der Waals surface area contributed by atoms with Crippen molar-refractivity contribution in [2.75, 3.05) is 24.7 Å². The van der Waals surface area contributed by atoms with Crippen LogP contribution in [-0.2, 0) is 13.5 Å². The molecule has 0 saturated carbocycles. The van der Waals surface area contributed by atoms with Gasteiger partial charge in [0.2, 0.25) is 0 Å². The van der Waals surface area contributed by atoms with E-state index in [-0.39, 0.29) is 0 Å². The van der Waals surface area contributed by atoms with Gasteiger partial charge in [-0.05, 0) is 12.1 Å². The molecule has 0 aliphatic carbocycles. The minimum absolute atomic E-state index is 0.703. The van der Waals surface area contributed by atoms with E-state index in [1.807, 2.05) is 29.8 Å². The highest BCUT2D eigenvalue weighted by Gasteiger charge is 2.03. The summed E-state index contributed by atoms with van der Waals surface area (Å²) in [5.41, 5.74) is 7.46. The monoisotopic (exact) mass is 247 g/mol. The van der Waals surface area contributed by atoms with Gasteiger partial charge in [0, 0.05) is 26.1 Å². The van der Waals surface area contributed by atoms with E-state index < -0.39 is 0 Å². The van der Waals surface area contributed by atoms with E-state index >= 15 is 0 Å². The van der Waals surface area contributed by atoms with E-state index in [4.69, 9.17) is 10.5 Å². The van der Waals surface area contributed by atoms with Gasteiger partial charge in [-0.2, -0.15) is 0 Å². The zero-order valence-corrected chi connectivity index (χ0v) is 10.6. The van der Waals surface area contributed by atoms with Crippen LogP contribution in [0.2, 0.25) is 0 Å². The van der Waals surface area contributed by atoms with Crippen LogP contribution in [0.4, 0.5) is 11.4 Å². The maximum absolute atomic E-state index is 5.88. The van der Waals surface area contributed by atoms with E-state index in [1.54, 1.807) is 13.4 Å². The van der Waals surface area contributed by atoms with Gasteiger partial charge in [-0.3, -0.25) is 0 Å². The third-order valence-corrected chi connectivity index (χ3v) is 2.73. The Balaban J connectivity index is 1.96. The molecule has 0 amide bonds. The molecule has 0 aliphatic rings. The van der Waals surface area contributed by atoms with Crippen molar-refractivity contribution in [2.45, 2.75) is 6.42 Å². The lowest BCUT2D eigenvalue weighted by Gasteiger charge is -2.10. The van der Waals surface area contributed by atoms with Gasteiger partial charge in [0.05, 0.1) is 18.5 Å². The third kappa shape index (κ3) is 2.71. The van der Waals surface area contributed by atoms with Crippen LogP contribution in [0.1, 0.15) is 5.82 Å². The average Bonchev–Trinajstić information content (AvgIpc) is 2.77. The fourth-order valence-corrected chi connectivity index (χ4v) is 1.66. The Morgan fingerprint density at radius 2 is 2.28 bits per heavy atom. The van der Waals surface area contributed by atoms with Gasteiger partial charge in [0.15, 0.2) is 0 Å². The largest absolute Gasteiger partial charge is 0.497 e. The summed E-state index contributed by atoms with van der Waals surface area (Å²) < 4.78 is 7.06. The minimum atomic E-state index is 0.703. The summed E-state index contributed by atoms with van der Waals surface area (Å²) in [4.78, 5) is 0. The molecule has 1 heterocycles. The van der Waals surface area contributed by atoms with Gasteiger partial charge in [0.25, 0.3) is 0 Å². The Bertz CT molecular complexity index is 523. The smallest absolute Gasteiger partial charge is 0.134 e. The number of aryl methyl sites for hydroxylation is 1. The van der Waals surface area contributed by atoms with Crippen molar-refractivity contribution in [3.05, 3.63) is 30.4 Å². The van der Waals surface area contributed by atoms with Crippen LogP contribution in [0.5, 0.6) is 5.75 Å². The number of ether oxygens (including phenoxy) is 1. The summed E-state index contributed by atoms with van der Waals surface area (Å²) in [5, 5.41) is 11.1. The van der Waals surface area contributed by atoms with Gasteiger partial charge >= 0.3 is 0 Å². The molecule has 0 radical (unpaired) electrons. The fraction of sp³-hybridized carbons (Fsp3) is 0.333. The number of methoxy groups -OCH3 is 1. The maximum Gasteiger partial charge on any atom is 0.134 e. The summed E-state index contributed by atoms with van der Waals surface area (Å²) in [5.74, 6) is 1.72. The number of aromatic nitrogens is 3. The van der Waals surface area contributed by atoms with Gasteiger partial charge in [-0.25, -0.2) is 0 Å². The number of nitrogen functional groups attached to an aromatic ring is 1. The molecule has 1 aromatic carbocycles. The Labute approximate surface area is 106 Å². The van der Waals surface area contributed by atoms with Crippen LogP contribution in [0.3, 0.4) is 0 Å². The maximum atomic E-state index is 5.88. The second-order valence-electron chi connectivity index (χ2n) is 3.99. The third-order valence-electron chi connectivity index (χ3n) is 2.73. The molecule has 0 unspecified atom stereocenters. The molecule has 18 heavy (non-hydrogen) atoms. The molecule has 3 N–H and O–H groups in total. The number of hydrogen-bond acceptors (Lipinski definition) is 5. The van der Waals surface area contributed by atoms with Crippen molar-refractivity contribution in [3.63, 3.8) is 0 Å². The van der Waals surface area contributed by atoms with E-state index in [1.165, 1.54) is 0 Å². The normalized spacial score (nSPS) is 10.3. The number of hydrogen-bond donors (Lipinski definition) is 2. The number of benzene rings is 1. The zero-order valence-electron chi connectivity index (χ0n) is 10.6. The summed E-state index contributed by atoms with van der Waals surface area (Å²) in [7, 11) is 3.56. The number of rotatable bonds is 5. The molecule has 0 fully saturated rings. The molecule has 0 aliphatic heterocycles. The zero-order chi connectivity index (χ0) is 13.0. The summed E-state index contributed by atoms with van der Waals surface area (Å²) in [6.07, 6.45) is 2.47. The van der Waals surface area contributed by atoms with Crippen LogP contribution >= 0.6 is 0 Å². The molecule has 0 atom stereocenters. The summed E-state index contributed by atoms with van der Waals surface area (Å²) >= 11 is 0. The lowest BCUT2D eigenvalue weighted by molar-refractivity contribution is 0.415. The van der Waals surface area contributed by atoms with Crippen molar-refractivity contribution < 1.29 is 4.74 Å². The molecule has 0 saturated heterocycles. The second-order valence-corrected chi connectivity index (χ2v) is 3.99. The van der Waals surface area contributed by atoms with Crippen molar-refractivity contribution in [1.29, 1.82) is 0 Å². The van der Waals surface area contributed by atoms with Gasteiger partial charge in [0.1, 0.15) is 17.9 Å². The first-order valence-corrected chi connectivity index (χ1v) is 5.71. The molecule has 96 valence electrons. The topological polar surface area (TPSA) is 78.0 Å². The second kappa shape index (κ2) is 5.39. The van der Waals surface area contributed by atoms with Gasteiger partial charge in [-0.1, -0.05) is 0 Å². The van der Waals surface area contributed by atoms with Crippen molar-refractivity contribution in [2.24, 2.45) is 7.05 Å². The van der Waals surface area contributed by atoms with Crippen molar-refractivity contribution >= 4 is 11.4 Å². The number of nitrogens with one attached hydrogen (secondary N) is 1. The fourth-order valence-electron chi connectivity index (χ4n) is 1.66. The van der Waals surface area contributed by atoms with Gasteiger partial charge in [-0.15, -0.1) is 10.2 Å².